The smallest absolute Gasteiger partial charge is 0.266 e. The Morgan fingerprint density at radius 3 is 2.69 bits per heavy atom. The third kappa shape index (κ3) is 3.90. The van der Waals surface area contributed by atoms with E-state index in [2.05, 4.69) is 15.4 Å². The molecule has 4 aromatic rings. The van der Waals surface area contributed by atoms with Crippen LogP contribution in [-0.4, -0.2) is 20.7 Å². The van der Waals surface area contributed by atoms with Crippen molar-refractivity contribution in [2.45, 2.75) is 0 Å². The first-order valence-electron chi connectivity index (χ1n) is 8.44. The Balaban J connectivity index is 1.59. The number of amides is 1. The second kappa shape index (κ2) is 7.73. The van der Waals surface area contributed by atoms with Crippen LogP contribution in [0.1, 0.15) is 9.67 Å². The molecule has 3 heterocycles. The molecule has 0 aliphatic carbocycles. The number of anilines is 1. The number of hydrogen-bond acceptors (Lipinski definition) is 4. The molecule has 0 saturated carbocycles. The maximum atomic E-state index is 14.0. The molecule has 0 saturated heterocycles. The molecule has 1 aromatic carbocycles. The van der Waals surface area contributed by atoms with Crippen LogP contribution in [0.2, 0.25) is 5.02 Å². The molecule has 3 aromatic heterocycles. The Kier molecular flexibility index (Phi) is 5.12. The van der Waals surface area contributed by atoms with Gasteiger partial charge in [-0.1, -0.05) is 23.7 Å². The highest BCUT2D eigenvalue weighted by Crippen LogP contribution is 2.32. The van der Waals surface area contributed by atoms with Crippen molar-refractivity contribution in [2.24, 2.45) is 7.05 Å². The van der Waals surface area contributed by atoms with Crippen molar-refractivity contribution in [2.75, 3.05) is 5.32 Å². The van der Waals surface area contributed by atoms with Gasteiger partial charge < -0.3 is 5.32 Å². The number of benzene rings is 1. The molecule has 0 radical (unpaired) electrons. The van der Waals surface area contributed by atoms with Crippen molar-refractivity contribution in [1.29, 1.82) is 0 Å². The van der Waals surface area contributed by atoms with E-state index in [9.17, 15) is 13.6 Å². The summed E-state index contributed by atoms with van der Waals surface area (Å²) in [5, 5.41) is 6.94. The zero-order valence-corrected chi connectivity index (χ0v) is 16.6. The van der Waals surface area contributed by atoms with Crippen LogP contribution in [0.25, 0.3) is 21.8 Å². The normalized spacial score (nSPS) is 10.9. The van der Waals surface area contributed by atoms with Crippen molar-refractivity contribution in [3.05, 3.63) is 76.3 Å². The highest BCUT2D eigenvalue weighted by Gasteiger charge is 2.17. The van der Waals surface area contributed by atoms with Gasteiger partial charge in [0.05, 0.1) is 26.2 Å². The van der Waals surface area contributed by atoms with Gasteiger partial charge in [-0.05, 0) is 36.4 Å². The predicted octanol–water partition coefficient (Wildman–Crippen LogP) is 5.39. The zero-order valence-electron chi connectivity index (χ0n) is 15.0. The summed E-state index contributed by atoms with van der Waals surface area (Å²) < 4.78 is 29.5. The molecular formula is C20H13ClF2N4OS. The molecule has 0 fully saturated rings. The summed E-state index contributed by atoms with van der Waals surface area (Å²) in [6.45, 7) is 0. The Labute approximate surface area is 173 Å². The molecular weight excluding hydrogens is 418 g/mol. The monoisotopic (exact) mass is 430 g/mol. The molecule has 0 aliphatic rings. The zero-order chi connectivity index (χ0) is 20.5. The SMILES string of the molecule is Cn1nc(-c2ccccc2F)cc1-c1ccc(C(=O)Nc2ncc(Cl)cc2F)s1. The molecule has 0 bridgehead atoms. The number of rotatable bonds is 4. The van der Waals surface area contributed by atoms with Crippen LogP contribution in [0, 0.1) is 11.6 Å². The van der Waals surface area contributed by atoms with Gasteiger partial charge in [-0.2, -0.15) is 5.10 Å². The van der Waals surface area contributed by atoms with Crippen molar-refractivity contribution < 1.29 is 13.6 Å². The van der Waals surface area contributed by atoms with Crippen molar-refractivity contribution >= 4 is 34.7 Å². The fourth-order valence-corrected chi connectivity index (χ4v) is 3.86. The number of nitrogens with one attached hydrogen (secondary N) is 1. The van der Waals surface area contributed by atoms with Crippen LogP contribution in [0.5, 0.6) is 0 Å². The second-order valence-corrected chi connectivity index (χ2v) is 7.64. The summed E-state index contributed by atoms with van der Waals surface area (Å²) in [6.07, 6.45) is 1.25. The molecule has 0 spiro atoms. The summed E-state index contributed by atoms with van der Waals surface area (Å²) in [5.74, 6) is -1.77. The number of hydrogen-bond donors (Lipinski definition) is 1. The minimum absolute atomic E-state index is 0.140. The van der Waals surface area contributed by atoms with Gasteiger partial charge in [0.15, 0.2) is 11.6 Å². The van der Waals surface area contributed by atoms with E-state index in [4.69, 9.17) is 11.6 Å². The number of pyridine rings is 1. The van der Waals surface area contributed by atoms with Gasteiger partial charge in [-0.15, -0.1) is 11.3 Å². The number of carbonyl (C=O) groups excluding carboxylic acids is 1. The van der Waals surface area contributed by atoms with Crippen LogP contribution in [0.15, 0.2) is 54.7 Å². The lowest BCUT2D eigenvalue weighted by Gasteiger charge is -2.04. The van der Waals surface area contributed by atoms with E-state index >= 15 is 0 Å². The lowest BCUT2D eigenvalue weighted by molar-refractivity contribution is 0.102. The fraction of sp³-hybridized carbons (Fsp3) is 0.0500. The predicted molar refractivity (Wildman–Crippen MR) is 109 cm³/mol. The third-order valence-electron chi connectivity index (χ3n) is 4.15. The Morgan fingerprint density at radius 1 is 1.14 bits per heavy atom. The van der Waals surface area contributed by atoms with Crippen LogP contribution in [0.4, 0.5) is 14.6 Å². The van der Waals surface area contributed by atoms with Crippen LogP contribution in [-0.2, 0) is 7.05 Å². The molecule has 0 unspecified atom stereocenters. The van der Waals surface area contributed by atoms with Gasteiger partial charge in [-0.25, -0.2) is 13.8 Å². The summed E-state index contributed by atoms with van der Waals surface area (Å²) in [7, 11) is 1.74. The molecule has 1 N–H and O–H groups in total. The van der Waals surface area contributed by atoms with Crippen LogP contribution in [0.3, 0.4) is 0 Å². The van der Waals surface area contributed by atoms with E-state index < -0.39 is 11.7 Å². The van der Waals surface area contributed by atoms with Crippen molar-refractivity contribution in [3.63, 3.8) is 0 Å². The number of carbonyl (C=O) groups is 1. The maximum absolute atomic E-state index is 14.0. The number of nitrogens with zero attached hydrogens (tertiary/aromatic N) is 3. The van der Waals surface area contributed by atoms with E-state index in [-0.39, 0.29) is 16.7 Å². The highest BCUT2D eigenvalue weighted by molar-refractivity contribution is 7.17. The van der Waals surface area contributed by atoms with E-state index in [0.29, 0.717) is 16.1 Å². The first-order valence-corrected chi connectivity index (χ1v) is 9.63. The van der Waals surface area contributed by atoms with Gasteiger partial charge >= 0.3 is 0 Å². The van der Waals surface area contributed by atoms with Crippen LogP contribution < -0.4 is 5.32 Å². The molecule has 0 aliphatic heterocycles. The number of aromatic nitrogens is 3. The molecule has 9 heteroatoms. The largest absolute Gasteiger partial charge is 0.303 e. The first kappa shape index (κ1) is 19.2. The average Bonchev–Trinajstić information content (AvgIpc) is 3.31. The Bertz CT molecular complexity index is 1220. The maximum Gasteiger partial charge on any atom is 0.266 e. The molecule has 1 amide bonds. The van der Waals surface area contributed by atoms with Gasteiger partial charge in [0.1, 0.15) is 5.82 Å². The highest BCUT2D eigenvalue weighted by atomic mass is 35.5. The second-order valence-electron chi connectivity index (χ2n) is 6.12. The molecule has 0 atom stereocenters. The van der Waals surface area contributed by atoms with Crippen molar-refractivity contribution in [1.82, 2.24) is 14.8 Å². The van der Waals surface area contributed by atoms with Crippen molar-refractivity contribution in [3.8, 4) is 21.8 Å². The standard InChI is InChI=1S/C20H13ClF2N4OS/c1-27-16(9-15(26-27)12-4-2-3-5-13(12)22)17-6-7-18(29-17)20(28)25-19-14(23)8-11(21)10-24-19/h2-10H,1H3,(H,24,25,28). The van der Waals surface area contributed by atoms with Crippen LogP contribution >= 0.6 is 22.9 Å². The summed E-state index contributed by atoms with van der Waals surface area (Å²) in [5.41, 5.74) is 1.61. The molecule has 29 heavy (non-hydrogen) atoms. The molecule has 4 rings (SSSR count). The number of halogens is 3. The van der Waals surface area contributed by atoms with Gasteiger partial charge in [-0.3, -0.25) is 9.48 Å². The topological polar surface area (TPSA) is 59.8 Å². The third-order valence-corrected chi connectivity index (χ3v) is 5.46. The van der Waals surface area contributed by atoms with E-state index in [1.165, 1.54) is 23.6 Å². The van der Waals surface area contributed by atoms with Gasteiger partial charge in [0.2, 0.25) is 0 Å². The van der Waals surface area contributed by atoms with E-state index in [1.807, 2.05) is 0 Å². The number of thiophene rings is 1. The lowest BCUT2D eigenvalue weighted by Crippen LogP contribution is -2.12. The molecule has 146 valence electrons. The van der Waals surface area contributed by atoms with E-state index in [0.717, 1.165) is 16.6 Å². The van der Waals surface area contributed by atoms with Gasteiger partial charge in [0.25, 0.3) is 5.91 Å². The minimum atomic E-state index is -0.719. The Hall–Kier alpha value is -3.10. The summed E-state index contributed by atoms with van der Waals surface area (Å²) >= 11 is 6.87. The van der Waals surface area contributed by atoms with Gasteiger partial charge in [0, 0.05) is 18.8 Å². The number of aryl methyl sites for hydroxylation is 1. The summed E-state index contributed by atoms with van der Waals surface area (Å²) in [6, 6.07) is 12.6. The van der Waals surface area contributed by atoms with E-state index in [1.54, 1.807) is 48.1 Å². The Morgan fingerprint density at radius 2 is 1.93 bits per heavy atom. The quantitative estimate of drug-likeness (QED) is 0.472. The minimum Gasteiger partial charge on any atom is -0.303 e. The first-order chi connectivity index (χ1) is 13.9. The average molecular weight is 431 g/mol. The fourth-order valence-electron chi connectivity index (χ4n) is 2.77. The summed E-state index contributed by atoms with van der Waals surface area (Å²) in [4.78, 5) is 17.4. The molecule has 5 nitrogen and oxygen atoms in total. The lowest BCUT2D eigenvalue weighted by atomic mass is 10.1.